The molecule has 108 valence electrons. The first-order chi connectivity index (χ1) is 9.47. The minimum absolute atomic E-state index is 0.0771. The maximum absolute atomic E-state index is 5.97. The van der Waals surface area contributed by atoms with E-state index in [0.29, 0.717) is 12.5 Å². The maximum Gasteiger partial charge on any atom is 0.119 e. The molecule has 1 aromatic carbocycles. The van der Waals surface area contributed by atoms with E-state index >= 15 is 0 Å². The standard InChI is InChI=1S/C15H20ClN3O/c1-5-20-12-8-6-11(7-9-12)19-14(15(2,3)4)13(10-16)17-18-19/h6-9H,5,10H2,1-4H3. The highest BCUT2D eigenvalue weighted by atomic mass is 35.5. The molecule has 0 bridgehead atoms. The minimum atomic E-state index is -0.0771. The summed E-state index contributed by atoms with van der Waals surface area (Å²) in [6, 6.07) is 7.83. The van der Waals surface area contributed by atoms with E-state index < -0.39 is 0 Å². The van der Waals surface area contributed by atoms with Gasteiger partial charge in [-0.3, -0.25) is 0 Å². The highest BCUT2D eigenvalue weighted by molar-refractivity contribution is 6.17. The Bertz CT molecular complexity index is 570. The zero-order chi connectivity index (χ0) is 14.8. The van der Waals surface area contributed by atoms with Crippen LogP contribution in [-0.4, -0.2) is 21.6 Å². The summed E-state index contributed by atoms with van der Waals surface area (Å²) < 4.78 is 7.31. The molecule has 4 nitrogen and oxygen atoms in total. The number of hydrogen-bond donors (Lipinski definition) is 0. The van der Waals surface area contributed by atoms with Crippen LogP contribution in [-0.2, 0) is 11.3 Å². The predicted octanol–water partition coefficient (Wildman–Crippen LogP) is 3.70. The van der Waals surface area contributed by atoms with E-state index in [9.17, 15) is 0 Å². The van der Waals surface area contributed by atoms with Crippen molar-refractivity contribution in [3.05, 3.63) is 35.7 Å². The van der Waals surface area contributed by atoms with E-state index in [4.69, 9.17) is 16.3 Å². The molecule has 0 amide bonds. The fraction of sp³-hybridized carbons (Fsp3) is 0.467. The van der Waals surface area contributed by atoms with Gasteiger partial charge in [0.2, 0.25) is 0 Å². The average Bonchev–Trinajstić information content (AvgIpc) is 2.84. The highest BCUT2D eigenvalue weighted by Gasteiger charge is 2.25. The van der Waals surface area contributed by atoms with Crippen molar-refractivity contribution in [3.8, 4) is 11.4 Å². The lowest BCUT2D eigenvalue weighted by molar-refractivity contribution is 0.340. The summed E-state index contributed by atoms with van der Waals surface area (Å²) in [6.45, 7) is 9.02. The molecule has 0 aliphatic heterocycles. The van der Waals surface area contributed by atoms with Crippen LogP contribution in [0.2, 0.25) is 0 Å². The van der Waals surface area contributed by atoms with Crippen LogP contribution >= 0.6 is 11.6 Å². The van der Waals surface area contributed by atoms with Crippen LogP contribution in [0.1, 0.15) is 39.1 Å². The van der Waals surface area contributed by atoms with E-state index in [1.165, 1.54) is 0 Å². The van der Waals surface area contributed by atoms with E-state index in [1.807, 2.05) is 35.9 Å². The van der Waals surface area contributed by atoms with Crippen LogP contribution in [0.3, 0.4) is 0 Å². The first-order valence-electron chi connectivity index (χ1n) is 6.71. The van der Waals surface area contributed by atoms with Gasteiger partial charge in [0.25, 0.3) is 0 Å². The van der Waals surface area contributed by atoms with Gasteiger partial charge in [-0.25, -0.2) is 4.68 Å². The number of halogens is 1. The largest absolute Gasteiger partial charge is 0.494 e. The van der Waals surface area contributed by atoms with Gasteiger partial charge in [0.1, 0.15) is 11.4 Å². The number of hydrogen-bond acceptors (Lipinski definition) is 3. The minimum Gasteiger partial charge on any atom is -0.494 e. The topological polar surface area (TPSA) is 39.9 Å². The molecule has 0 aliphatic rings. The van der Waals surface area contributed by atoms with Crippen molar-refractivity contribution >= 4 is 11.6 Å². The van der Waals surface area contributed by atoms with Crippen molar-refractivity contribution in [2.24, 2.45) is 0 Å². The van der Waals surface area contributed by atoms with Gasteiger partial charge >= 0.3 is 0 Å². The Kier molecular flexibility index (Phi) is 4.33. The van der Waals surface area contributed by atoms with E-state index in [1.54, 1.807) is 0 Å². The van der Waals surface area contributed by atoms with E-state index in [-0.39, 0.29) is 5.41 Å². The molecular weight excluding hydrogens is 274 g/mol. The molecule has 5 heteroatoms. The van der Waals surface area contributed by atoms with Crippen LogP contribution in [0, 0.1) is 0 Å². The molecule has 0 unspecified atom stereocenters. The van der Waals surface area contributed by atoms with Crippen LogP contribution in [0.4, 0.5) is 0 Å². The summed E-state index contributed by atoms with van der Waals surface area (Å²) in [5, 5.41) is 8.43. The monoisotopic (exact) mass is 293 g/mol. The molecule has 2 rings (SSSR count). The number of ether oxygens (including phenoxy) is 1. The second kappa shape index (κ2) is 5.83. The van der Waals surface area contributed by atoms with Crippen molar-refractivity contribution in [2.75, 3.05) is 6.61 Å². The molecule has 0 atom stereocenters. The Balaban J connectivity index is 2.45. The lowest BCUT2D eigenvalue weighted by atomic mass is 9.90. The Labute approximate surface area is 124 Å². The van der Waals surface area contributed by atoms with Gasteiger partial charge in [-0.1, -0.05) is 26.0 Å². The molecule has 1 aromatic heterocycles. The Morgan fingerprint density at radius 1 is 1.20 bits per heavy atom. The van der Waals surface area contributed by atoms with E-state index in [2.05, 4.69) is 31.1 Å². The van der Waals surface area contributed by atoms with Gasteiger partial charge in [0.15, 0.2) is 0 Å². The van der Waals surface area contributed by atoms with Gasteiger partial charge in [-0.05, 0) is 31.2 Å². The number of aromatic nitrogens is 3. The van der Waals surface area contributed by atoms with Crippen molar-refractivity contribution in [3.63, 3.8) is 0 Å². The Morgan fingerprint density at radius 2 is 1.85 bits per heavy atom. The second-order valence-electron chi connectivity index (χ2n) is 5.61. The molecule has 0 saturated heterocycles. The molecule has 2 aromatic rings. The lowest BCUT2D eigenvalue weighted by Crippen LogP contribution is -2.19. The van der Waals surface area contributed by atoms with Crippen LogP contribution < -0.4 is 4.74 Å². The van der Waals surface area contributed by atoms with Crippen LogP contribution in [0.25, 0.3) is 5.69 Å². The number of rotatable bonds is 4. The van der Waals surface area contributed by atoms with Crippen molar-refractivity contribution in [1.82, 2.24) is 15.0 Å². The normalized spacial score (nSPS) is 11.7. The van der Waals surface area contributed by atoms with Gasteiger partial charge in [-0.2, -0.15) is 0 Å². The van der Waals surface area contributed by atoms with Crippen LogP contribution in [0.15, 0.2) is 24.3 Å². The van der Waals surface area contributed by atoms with Gasteiger partial charge in [0.05, 0.1) is 23.9 Å². The second-order valence-corrected chi connectivity index (χ2v) is 5.87. The summed E-state index contributed by atoms with van der Waals surface area (Å²) in [5.74, 6) is 1.22. The smallest absolute Gasteiger partial charge is 0.119 e. The summed E-state index contributed by atoms with van der Waals surface area (Å²) in [6.07, 6.45) is 0. The maximum atomic E-state index is 5.97. The summed E-state index contributed by atoms with van der Waals surface area (Å²) in [7, 11) is 0. The van der Waals surface area contributed by atoms with Crippen molar-refractivity contribution in [2.45, 2.75) is 39.0 Å². The van der Waals surface area contributed by atoms with Crippen molar-refractivity contribution < 1.29 is 4.74 Å². The third-order valence-electron chi connectivity index (χ3n) is 2.97. The molecule has 0 N–H and O–H groups in total. The third-order valence-corrected chi connectivity index (χ3v) is 3.22. The SMILES string of the molecule is CCOc1ccc(-n2nnc(CCl)c2C(C)(C)C)cc1. The van der Waals surface area contributed by atoms with Crippen molar-refractivity contribution in [1.29, 1.82) is 0 Å². The predicted molar refractivity (Wildman–Crippen MR) is 80.8 cm³/mol. The first-order valence-corrected chi connectivity index (χ1v) is 7.25. The quantitative estimate of drug-likeness (QED) is 0.807. The third kappa shape index (κ3) is 2.96. The molecule has 0 spiro atoms. The Morgan fingerprint density at radius 3 is 2.35 bits per heavy atom. The molecule has 0 fully saturated rings. The molecule has 0 radical (unpaired) electrons. The summed E-state index contributed by atoms with van der Waals surface area (Å²) in [5.41, 5.74) is 2.75. The number of alkyl halides is 1. The molecule has 0 saturated carbocycles. The lowest BCUT2D eigenvalue weighted by Gasteiger charge is -2.21. The average molecular weight is 294 g/mol. The fourth-order valence-electron chi connectivity index (χ4n) is 2.18. The molecule has 1 heterocycles. The highest BCUT2D eigenvalue weighted by Crippen LogP contribution is 2.28. The molecule has 20 heavy (non-hydrogen) atoms. The molecular formula is C15H20ClN3O. The zero-order valence-electron chi connectivity index (χ0n) is 12.4. The van der Waals surface area contributed by atoms with E-state index in [0.717, 1.165) is 22.8 Å². The first kappa shape index (κ1) is 14.9. The fourth-order valence-corrected chi connectivity index (χ4v) is 2.36. The van der Waals surface area contributed by atoms with Crippen LogP contribution in [0.5, 0.6) is 5.75 Å². The summed E-state index contributed by atoms with van der Waals surface area (Å²) in [4.78, 5) is 0. The van der Waals surface area contributed by atoms with Gasteiger partial charge in [-0.15, -0.1) is 16.7 Å². The number of benzene rings is 1. The molecule has 0 aliphatic carbocycles. The van der Waals surface area contributed by atoms with Gasteiger partial charge < -0.3 is 4.74 Å². The number of nitrogens with zero attached hydrogens (tertiary/aromatic N) is 3. The Hall–Kier alpha value is -1.55. The summed E-state index contributed by atoms with van der Waals surface area (Å²) >= 11 is 5.97. The van der Waals surface area contributed by atoms with Gasteiger partial charge in [0, 0.05) is 5.41 Å². The zero-order valence-corrected chi connectivity index (χ0v) is 13.1.